The number of likely N-dealkylation sites (tertiary alicyclic amines) is 1. The van der Waals surface area contributed by atoms with Crippen LogP contribution in [0.4, 0.5) is 4.79 Å². The Hall–Kier alpha value is -1.40. The number of nitrogens with one attached hydrogen (secondary N) is 1. The lowest BCUT2D eigenvalue weighted by molar-refractivity contribution is 0.119. The van der Waals surface area contributed by atoms with Crippen LogP contribution in [0.5, 0.6) is 0 Å². The van der Waals surface area contributed by atoms with Gasteiger partial charge in [-0.25, -0.2) is 13.7 Å². The van der Waals surface area contributed by atoms with Crippen molar-refractivity contribution >= 4 is 17.1 Å². The molecule has 1 saturated heterocycles. The standard InChI is InChI=1S/C17H26N2O3S/c1-17(2,3)23(22)18-15(13-7-5-4-6-8-13)14-9-11-19(12-10-14)16(20)21/h4-8,14-15,18H,9-12H2,1-3H3,(H,20,21)/t15-,23+/m0/s1. The Kier molecular flexibility index (Phi) is 5.81. The van der Waals surface area contributed by atoms with Gasteiger partial charge in [-0.2, -0.15) is 0 Å². The number of amides is 1. The molecular weight excluding hydrogens is 312 g/mol. The summed E-state index contributed by atoms with van der Waals surface area (Å²) in [6.45, 7) is 6.92. The molecule has 0 aliphatic carbocycles. The smallest absolute Gasteiger partial charge is 0.407 e. The lowest BCUT2D eigenvalue weighted by Crippen LogP contribution is -2.43. The summed E-state index contributed by atoms with van der Waals surface area (Å²) in [7, 11) is -1.17. The van der Waals surface area contributed by atoms with Gasteiger partial charge in [0.1, 0.15) is 0 Å². The number of rotatable bonds is 4. The predicted octanol–water partition coefficient (Wildman–Crippen LogP) is 3.17. The van der Waals surface area contributed by atoms with Crippen LogP contribution in [0.2, 0.25) is 0 Å². The van der Waals surface area contributed by atoms with Crippen LogP contribution < -0.4 is 4.72 Å². The molecule has 6 heteroatoms. The summed E-state index contributed by atoms with van der Waals surface area (Å²) >= 11 is 0. The number of carboxylic acid groups (broad SMARTS) is 1. The summed E-state index contributed by atoms with van der Waals surface area (Å²) in [5, 5.41) is 9.09. The molecule has 1 aromatic rings. The minimum absolute atomic E-state index is 0.0211. The number of piperidine rings is 1. The van der Waals surface area contributed by atoms with E-state index in [1.54, 1.807) is 0 Å². The van der Waals surface area contributed by atoms with E-state index in [-0.39, 0.29) is 16.7 Å². The SMILES string of the molecule is CC(C)(C)[S@@](=O)N[C@@H](c1ccccc1)C1CCN(C(=O)O)CC1. The molecule has 5 nitrogen and oxygen atoms in total. The van der Waals surface area contributed by atoms with Gasteiger partial charge in [0.25, 0.3) is 0 Å². The Bertz CT molecular complexity index is 549. The Morgan fingerprint density at radius 1 is 1.26 bits per heavy atom. The first-order chi connectivity index (χ1) is 10.8. The lowest BCUT2D eigenvalue weighted by atomic mass is 9.86. The maximum atomic E-state index is 12.6. The molecule has 1 amide bonds. The number of hydrogen-bond donors (Lipinski definition) is 2. The van der Waals surface area contributed by atoms with Crippen molar-refractivity contribution in [3.05, 3.63) is 35.9 Å². The zero-order valence-electron chi connectivity index (χ0n) is 14.0. The van der Waals surface area contributed by atoms with Gasteiger partial charge >= 0.3 is 6.09 Å². The Balaban J connectivity index is 2.15. The molecule has 2 rings (SSSR count). The van der Waals surface area contributed by atoms with Crippen LogP contribution in [0.25, 0.3) is 0 Å². The molecule has 1 fully saturated rings. The fraction of sp³-hybridized carbons (Fsp3) is 0.588. The van der Waals surface area contributed by atoms with Crippen LogP contribution in [-0.4, -0.2) is 38.1 Å². The van der Waals surface area contributed by atoms with Gasteiger partial charge in [-0.3, -0.25) is 0 Å². The second-order valence-corrected chi connectivity index (χ2v) is 8.99. The first kappa shape index (κ1) is 17.9. The highest BCUT2D eigenvalue weighted by Crippen LogP contribution is 2.32. The van der Waals surface area contributed by atoms with Crippen molar-refractivity contribution in [3.63, 3.8) is 0 Å². The molecule has 1 aliphatic rings. The fourth-order valence-corrected chi connectivity index (χ4v) is 3.73. The van der Waals surface area contributed by atoms with Gasteiger partial charge in [-0.15, -0.1) is 0 Å². The molecule has 0 aromatic heterocycles. The molecular formula is C17H26N2O3S. The zero-order valence-corrected chi connectivity index (χ0v) is 14.8. The van der Waals surface area contributed by atoms with Gasteiger partial charge < -0.3 is 10.0 Å². The van der Waals surface area contributed by atoms with E-state index in [9.17, 15) is 9.00 Å². The molecule has 2 atom stereocenters. The van der Waals surface area contributed by atoms with Gasteiger partial charge in [-0.05, 0) is 45.1 Å². The Labute approximate surface area is 140 Å². The maximum Gasteiger partial charge on any atom is 0.407 e. The average Bonchev–Trinajstić information content (AvgIpc) is 2.52. The van der Waals surface area contributed by atoms with Crippen LogP contribution in [0.15, 0.2) is 30.3 Å². The fourth-order valence-electron chi connectivity index (χ4n) is 2.81. The molecule has 23 heavy (non-hydrogen) atoms. The number of benzene rings is 1. The van der Waals surface area contributed by atoms with Crippen LogP contribution >= 0.6 is 0 Å². The summed E-state index contributed by atoms with van der Waals surface area (Å²) in [5.74, 6) is 0.277. The largest absolute Gasteiger partial charge is 0.465 e. The van der Waals surface area contributed by atoms with E-state index < -0.39 is 17.1 Å². The molecule has 0 unspecified atom stereocenters. The second-order valence-electron chi connectivity index (χ2n) is 6.99. The molecule has 0 saturated carbocycles. The van der Waals surface area contributed by atoms with Crippen LogP contribution in [-0.2, 0) is 11.0 Å². The number of hydrogen-bond acceptors (Lipinski definition) is 2. The van der Waals surface area contributed by atoms with Crippen LogP contribution in [0.3, 0.4) is 0 Å². The average molecular weight is 338 g/mol. The maximum absolute atomic E-state index is 12.6. The predicted molar refractivity (Wildman–Crippen MR) is 92.5 cm³/mol. The normalized spacial score (nSPS) is 19.3. The van der Waals surface area contributed by atoms with Crippen LogP contribution in [0, 0.1) is 5.92 Å². The summed E-state index contributed by atoms with van der Waals surface area (Å²) < 4.78 is 15.5. The van der Waals surface area contributed by atoms with E-state index in [2.05, 4.69) is 4.72 Å². The molecule has 0 spiro atoms. The van der Waals surface area contributed by atoms with E-state index in [1.807, 2.05) is 51.1 Å². The number of carbonyl (C=O) groups is 1. The van der Waals surface area contributed by atoms with Crippen molar-refractivity contribution < 1.29 is 14.1 Å². The van der Waals surface area contributed by atoms with Gasteiger partial charge in [0.2, 0.25) is 0 Å². The van der Waals surface area contributed by atoms with Gasteiger partial charge in [0, 0.05) is 19.1 Å². The van der Waals surface area contributed by atoms with Crippen molar-refractivity contribution in [2.75, 3.05) is 13.1 Å². The third kappa shape index (κ3) is 4.78. The van der Waals surface area contributed by atoms with Gasteiger partial charge in [-0.1, -0.05) is 30.3 Å². The lowest BCUT2D eigenvalue weighted by Gasteiger charge is -2.36. The van der Waals surface area contributed by atoms with E-state index in [4.69, 9.17) is 5.11 Å². The molecule has 1 aliphatic heterocycles. The summed E-state index contributed by atoms with van der Waals surface area (Å²) in [4.78, 5) is 12.5. The van der Waals surface area contributed by atoms with Gasteiger partial charge in [0.05, 0.1) is 15.7 Å². The van der Waals surface area contributed by atoms with E-state index in [0.717, 1.165) is 18.4 Å². The molecule has 0 radical (unpaired) electrons. The second kappa shape index (κ2) is 7.45. The monoisotopic (exact) mass is 338 g/mol. The van der Waals surface area contributed by atoms with E-state index in [0.29, 0.717) is 13.1 Å². The molecule has 0 bridgehead atoms. The summed E-state index contributed by atoms with van der Waals surface area (Å²) in [6.07, 6.45) is 0.700. The topological polar surface area (TPSA) is 69.6 Å². The van der Waals surface area contributed by atoms with E-state index in [1.165, 1.54) is 4.90 Å². The molecule has 2 N–H and O–H groups in total. The quantitative estimate of drug-likeness (QED) is 0.886. The van der Waals surface area contributed by atoms with Crippen molar-refractivity contribution in [2.45, 2.75) is 44.4 Å². The highest BCUT2D eigenvalue weighted by molar-refractivity contribution is 7.84. The Morgan fingerprint density at radius 3 is 2.30 bits per heavy atom. The highest BCUT2D eigenvalue weighted by atomic mass is 32.2. The van der Waals surface area contributed by atoms with Crippen molar-refractivity contribution in [2.24, 2.45) is 5.92 Å². The van der Waals surface area contributed by atoms with Crippen molar-refractivity contribution in [3.8, 4) is 0 Å². The minimum Gasteiger partial charge on any atom is -0.465 e. The molecule has 128 valence electrons. The molecule has 1 heterocycles. The first-order valence-corrected chi connectivity index (χ1v) is 9.15. The highest BCUT2D eigenvalue weighted by Gasteiger charge is 2.32. The van der Waals surface area contributed by atoms with Gasteiger partial charge in [0.15, 0.2) is 0 Å². The Morgan fingerprint density at radius 2 is 1.83 bits per heavy atom. The third-order valence-electron chi connectivity index (χ3n) is 4.23. The summed E-state index contributed by atoms with van der Waals surface area (Å²) in [6, 6.07) is 10.00. The zero-order chi connectivity index (χ0) is 17.0. The van der Waals surface area contributed by atoms with Crippen molar-refractivity contribution in [1.29, 1.82) is 0 Å². The first-order valence-electron chi connectivity index (χ1n) is 8.00. The van der Waals surface area contributed by atoms with E-state index >= 15 is 0 Å². The summed E-state index contributed by atoms with van der Waals surface area (Å²) in [5.41, 5.74) is 1.11. The number of nitrogens with zero attached hydrogens (tertiary/aromatic N) is 1. The third-order valence-corrected chi connectivity index (χ3v) is 5.81. The van der Waals surface area contributed by atoms with Crippen molar-refractivity contribution in [1.82, 2.24) is 9.62 Å². The minimum atomic E-state index is -1.17. The molecule has 1 aromatic carbocycles. The van der Waals surface area contributed by atoms with Crippen LogP contribution in [0.1, 0.15) is 45.2 Å².